The maximum Gasteiger partial charge on any atom is 0.264 e. The van der Waals surface area contributed by atoms with Crippen molar-refractivity contribution in [1.82, 2.24) is 4.90 Å². The van der Waals surface area contributed by atoms with Crippen molar-refractivity contribution in [1.29, 1.82) is 0 Å². The van der Waals surface area contributed by atoms with Gasteiger partial charge in [0.15, 0.2) is 0 Å². The SMILES string of the molecule is CCCCCCCCC(=O)N(C)CCCCS(=O)(=O)O. The molecule has 0 saturated carbocycles. The first-order chi connectivity index (χ1) is 9.37. The molecule has 5 nitrogen and oxygen atoms in total. The highest BCUT2D eigenvalue weighted by Gasteiger charge is 2.09. The van der Waals surface area contributed by atoms with Crippen molar-refractivity contribution in [3.05, 3.63) is 0 Å². The van der Waals surface area contributed by atoms with Gasteiger partial charge in [0, 0.05) is 20.0 Å². The van der Waals surface area contributed by atoms with Crippen LogP contribution in [0, 0.1) is 0 Å². The molecule has 0 aromatic carbocycles. The molecule has 0 saturated heterocycles. The van der Waals surface area contributed by atoms with E-state index in [-0.39, 0.29) is 11.7 Å². The van der Waals surface area contributed by atoms with Gasteiger partial charge in [-0.15, -0.1) is 0 Å². The van der Waals surface area contributed by atoms with E-state index < -0.39 is 10.1 Å². The number of carbonyl (C=O) groups excluding carboxylic acids is 1. The van der Waals surface area contributed by atoms with E-state index in [1.807, 2.05) is 0 Å². The van der Waals surface area contributed by atoms with Crippen molar-refractivity contribution < 1.29 is 17.8 Å². The van der Waals surface area contributed by atoms with E-state index in [1.54, 1.807) is 11.9 Å². The van der Waals surface area contributed by atoms with Crippen LogP contribution in [0.15, 0.2) is 0 Å². The molecule has 6 heteroatoms. The number of hydrogen-bond acceptors (Lipinski definition) is 3. The Balaban J connectivity index is 3.56. The maximum atomic E-state index is 11.8. The van der Waals surface area contributed by atoms with Gasteiger partial charge in [-0.25, -0.2) is 0 Å². The van der Waals surface area contributed by atoms with Crippen LogP contribution in [0.3, 0.4) is 0 Å². The van der Waals surface area contributed by atoms with E-state index >= 15 is 0 Å². The Morgan fingerprint density at radius 3 is 2.20 bits per heavy atom. The van der Waals surface area contributed by atoms with Gasteiger partial charge in [0.1, 0.15) is 0 Å². The summed E-state index contributed by atoms with van der Waals surface area (Å²) in [6.45, 7) is 2.73. The van der Waals surface area contributed by atoms with Crippen LogP contribution in [0.4, 0.5) is 0 Å². The van der Waals surface area contributed by atoms with Gasteiger partial charge >= 0.3 is 0 Å². The average Bonchev–Trinajstić information content (AvgIpc) is 2.37. The van der Waals surface area contributed by atoms with E-state index in [2.05, 4.69) is 6.92 Å². The van der Waals surface area contributed by atoms with Crippen LogP contribution in [0.25, 0.3) is 0 Å². The minimum Gasteiger partial charge on any atom is -0.346 e. The summed E-state index contributed by atoms with van der Waals surface area (Å²) in [7, 11) is -2.13. The highest BCUT2D eigenvalue weighted by molar-refractivity contribution is 7.85. The van der Waals surface area contributed by atoms with Crippen LogP contribution in [-0.2, 0) is 14.9 Å². The summed E-state index contributed by atoms with van der Waals surface area (Å²) in [4.78, 5) is 13.4. The number of amides is 1. The number of hydrogen-bond donors (Lipinski definition) is 1. The summed E-state index contributed by atoms with van der Waals surface area (Å²) < 4.78 is 29.7. The summed E-state index contributed by atoms with van der Waals surface area (Å²) >= 11 is 0. The molecule has 0 aromatic heterocycles. The zero-order valence-electron chi connectivity index (χ0n) is 12.8. The van der Waals surface area contributed by atoms with Gasteiger partial charge in [0.05, 0.1) is 5.75 Å². The molecule has 0 spiro atoms. The molecule has 0 bridgehead atoms. The van der Waals surface area contributed by atoms with Crippen LogP contribution in [0.2, 0.25) is 0 Å². The summed E-state index contributed by atoms with van der Waals surface area (Å²) in [5.74, 6) is -0.112. The van der Waals surface area contributed by atoms with E-state index in [9.17, 15) is 13.2 Å². The lowest BCUT2D eigenvalue weighted by molar-refractivity contribution is -0.130. The number of carbonyl (C=O) groups is 1. The standard InChI is InChI=1S/C14H29NO4S/c1-3-4-5-6-7-8-11-14(16)15(2)12-9-10-13-20(17,18)19/h3-13H2,1-2H3,(H,17,18,19). The highest BCUT2D eigenvalue weighted by atomic mass is 32.2. The van der Waals surface area contributed by atoms with Gasteiger partial charge in [-0.05, 0) is 19.3 Å². The van der Waals surface area contributed by atoms with Crippen LogP contribution in [-0.4, -0.2) is 43.1 Å². The Morgan fingerprint density at radius 1 is 1.00 bits per heavy atom. The van der Waals surface area contributed by atoms with Crippen LogP contribution < -0.4 is 0 Å². The zero-order valence-corrected chi connectivity index (χ0v) is 13.6. The lowest BCUT2D eigenvalue weighted by atomic mass is 10.1. The molecule has 0 fully saturated rings. The third-order valence-corrected chi connectivity index (χ3v) is 4.12. The van der Waals surface area contributed by atoms with Crippen LogP contribution >= 0.6 is 0 Å². The minimum atomic E-state index is -3.87. The van der Waals surface area contributed by atoms with Crippen molar-refractivity contribution in [2.45, 2.75) is 64.7 Å². The second-order valence-electron chi connectivity index (χ2n) is 5.33. The molecule has 0 radical (unpaired) electrons. The molecule has 20 heavy (non-hydrogen) atoms. The van der Waals surface area contributed by atoms with Gasteiger partial charge in [-0.2, -0.15) is 8.42 Å². The van der Waals surface area contributed by atoms with E-state index in [4.69, 9.17) is 4.55 Å². The third kappa shape index (κ3) is 12.4. The Bertz CT molecular complexity index is 354. The van der Waals surface area contributed by atoms with Gasteiger partial charge in [0.25, 0.3) is 10.1 Å². The molecule has 0 rings (SSSR count). The molecule has 0 aliphatic rings. The van der Waals surface area contributed by atoms with Crippen molar-refractivity contribution in [2.75, 3.05) is 19.3 Å². The topological polar surface area (TPSA) is 74.7 Å². The monoisotopic (exact) mass is 307 g/mol. The molecular formula is C14H29NO4S. The molecule has 0 aliphatic heterocycles. The Labute approximate surface area is 123 Å². The molecule has 0 aromatic rings. The van der Waals surface area contributed by atoms with Gasteiger partial charge in [0.2, 0.25) is 5.91 Å². The fraction of sp³-hybridized carbons (Fsp3) is 0.929. The summed E-state index contributed by atoms with van der Waals surface area (Å²) in [6.07, 6.45) is 8.51. The summed E-state index contributed by atoms with van der Waals surface area (Å²) in [6, 6.07) is 0. The quantitative estimate of drug-likeness (QED) is 0.444. The molecule has 0 unspecified atom stereocenters. The Kier molecular flexibility index (Phi) is 10.7. The van der Waals surface area contributed by atoms with Crippen LogP contribution in [0.5, 0.6) is 0 Å². The lowest BCUT2D eigenvalue weighted by Gasteiger charge is -2.16. The highest BCUT2D eigenvalue weighted by Crippen LogP contribution is 2.08. The largest absolute Gasteiger partial charge is 0.346 e. The normalized spacial score (nSPS) is 11.6. The number of nitrogens with zero attached hydrogens (tertiary/aromatic N) is 1. The predicted octanol–water partition coefficient (Wildman–Crippen LogP) is 2.86. The van der Waals surface area contributed by atoms with Crippen molar-refractivity contribution >= 4 is 16.0 Å². The van der Waals surface area contributed by atoms with E-state index in [1.165, 1.54) is 25.7 Å². The van der Waals surface area contributed by atoms with Crippen molar-refractivity contribution in [3.8, 4) is 0 Å². The van der Waals surface area contributed by atoms with Crippen molar-refractivity contribution in [3.63, 3.8) is 0 Å². The molecule has 120 valence electrons. The number of unbranched alkanes of at least 4 members (excludes halogenated alkanes) is 6. The molecule has 0 aliphatic carbocycles. The van der Waals surface area contributed by atoms with Gasteiger partial charge in [-0.3, -0.25) is 9.35 Å². The van der Waals surface area contributed by atoms with E-state index in [0.29, 0.717) is 25.8 Å². The summed E-state index contributed by atoms with van der Waals surface area (Å²) in [5, 5.41) is 0. The van der Waals surface area contributed by atoms with E-state index in [0.717, 1.165) is 12.8 Å². The average molecular weight is 307 g/mol. The minimum absolute atomic E-state index is 0.118. The molecule has 1 N–H and O–H groups in total. The second kappa shape index (κ2) is 11.1. The fourth-order valence-corrected chi connectivity index (χ4v) is 2.57. The second-order valence-corrected chi connectivity index (χ2v) is 6.90. The summed E-state index contributed by atoms with van der Waals surface area (Å²) in [5.41, 5.74) is 0. The first-order valence-corrected chi connectivity index (χ1v) is 9.17. The number of rotatable bonds is 12. The molecule has 1 amide bonds. The first-order valence-electron chi connectivity index (χ1n) is 7.56. The maximum absolute atomic E-state index is 11.8. The first kappa shape index (κ1) is 19.4. The van der Waals surface area contributed by atoms with Crippen molar-refractivity contribution in [2.24, 2.45) is 0 Å². The third-order valence-electron chi connectivity index (χ3n) is 3.32. The predicted molar refractivity (Wildman–Crippen MR) is 81.3 cm³/mol. The molecule has 0 heterocycles. The smallest absolute Gasteiger partial charge is 0.264 e. The van der Waals surface area contributed by atoms with Gasteiger partial charge < -0.3 is 4.90 Å². The Morgan fingerprint density at radius 2 is 1.60 bits per heavy atom. The molecule has 0 atom stereocenters. The fourth-order valence-electron chi connectivity index (χ4n) is 2.01. The lowest BCUT2D eigenvalue weighted by Crippen LogP contribution is -2.27. The Hall–Kier alpha value is -0.620. The zero-order chi connectivity index (χ0) is 15.4. The van der Waals surface area contributed by atoms with Crippen LogP contribution in [0.1, 0.15) is 64.7 Å². The molecular weight excluding hydrogens is 278 g/mol. The van der Waals surface area contributed by atoms with Gasteiger partial charge in [-0.1, -0.05) is 39.0 Å².